The molecule has 6 nitrogen and oxygen atoms in total. The third-order valence-electron chi connectivity index (χ3n) is 5.18. The van der Waals surface area contributed by atoms with E-state index in [9.17, 15) is 4.79 Å². The van der Waals surface area contributed by atoms with Crippen molar-refractivity contribution in [3.05, 3.63) is 109 Å². The number of para-hydroxylation sites is 1. The van der Waals surface area contributed by atoms with Gasteiger partial charge in [0.25, 0.3) is 0 Å². The number of H-pyrrole nitrogens is 1. The highest BCUT2D eigenvalue weighted by molar-refractivity contribution is 5.96. The fourth-order valence-electron chi connectivity index (χ4n) is 3.57. The summed E-state index contributed by atoms with van der Waals surface area (Å²) >= 11 is 0. The smallest absolute Gasteiger partial charge is 0.228 e. The summed E-state index contributed by atoms with van der Waals surface area (Å²) in [6.45, 7) is 0. The van der Waals surface area contributed by atoms with Gasteiger partial charge >= 0.3 is 0 Å². The molecule has 3 aromatic carbocycles. The van der Waals surface area contributed by atoms with Crippen LogP contribution in [0.5, 0.6) is 0 Å². The fourth-order valence-corrected chi connectivity index (χ4v) is 3.57. The molecule has 5 rings (SSSR count). The highest BCUT2D eigenvalue weighted by atomic mass is 16.1. The number of aromatic amines is 1. The zero-order chi connectivity index (χ0) is 21.8. The van der Waals surface area contributed by atoms with Crippen molar-refractivity contribution in [2.45, 2.75) is 6.42 Å². The second-order valence-corrected chi connectivity index (χ2v) is 7.40. The van der Waals surface area contributed by atoms with E-state index in [0.29, 0.717) is 17.3 Å². The van der Waals surface area contributed by atoms with Gasteiger partial charge in [0, 0.05) is 29.2 Å². The molecule has 0 aliphatic heterocycles. The fraction of sp³-hybridized carbons (Fsp3) is 0.0385. The lowest BCUT2D eigenvalue weighted by atomic mass is 10.1. The summed E-state index contributed by atoms with van der Waals surface area (Å²) in [6, 6.07) is 29.3. The summed E-state index contributed by atoms with van der Waals surface area (Å²) in [7, 11) is 0. The van der Waals surface area contributed by atoms with Crippen LogP contribution in [-0.4, -0.2) is 25.7 Å². The Hall–Kier alpha value is -4.45. The zero-order valence-corrected chi connectivity index (χ0v) is 17.3. The topological polar surface area (TPSA) is 75.6 Å². The Kier molecular flexibility index (Phi) is 5.32. The largest absolute Gasteiger partial charge is 0.325 e. The van der Waals surface area contributed by atoms with E-state index >= 15 is 0 Å². The number of nitrogens with one attached hydrogen (secondary N) is 2. The molecule has 0 spiro atoms. The first-order valence-electron chi connectivity index (χ1n) is 10.4. The van der Waals surface area contributed by atoms with Crippen molar-refractivity contribution in [3.8, 4) is 28.5 Å². The molecule has 0 unspecified atom stereocenters. The lowest BCUT2D eigenvalue weighted by Crippen LogP contribution is -2.15. The highest BCUT2D eigenvalue weighted by Crippen LogP contribution is 2.27. The standard InChI is InChI=1S/C26H21N5O/c32-24(18-19-12-14-21(15-13-19)31-16-6-7-17-31)27-23-11-5-4-10-22(23)26-28-25(29-30-26)20-8-2-1-3-9-20/h1-17H,18H2,(H,27,32)(H,28,29,30). The lowest BCUT2D eigenvalue weighted by Gasteiger charge is -2.10. The van der Waals surface area contributed by atoms with Gasteiger partial charge in [-0.3, -0.25) is 9.89 Å². The van der Waals surface area contributed by atoms with E-state index in [0.717, 1.165) is 22.4 Å². The van der Waals surface area contributed by atoms with Crippen LogP contribution >= 0.6 is 0 Å². The molecular formula is C26H21N5O. The van der Waals surface area contributed by atoms with Crippen molar-refractivity contribution in [2.75, 3.05) is 5.32 Å². The number of hydrogen-bond donors (Lipinski definition) is 2. The maximum absolute atomic E-state index is 12.7. The Morgan fingerprint density at radius 1 is 0.844 bits per heavy atom. The molecule has 0 radical (unpaired) electrons. The van der Waals surface area contributed by atoms with Gasteiger partial charge in [-0.1, -0.05) is 54.6 Å². The van der Waals surface area contributed by atoms with Crippen LogP contribution in [0.15, 0.2) is 103 Å². The highest BCUT2D eigenvalue weighted by Gasteiger charge is 2.13. The van der Waals surface area contributed by atoms with Gasteiger partial charge in [-0.2, -0.15) is 5.10 Å². The van der Waals surface area contributed by atoms with Gasteiger partial charge in [0.1, 0.15) is 0 Å². The van der Waals surface area contributed by atoms with Crippen LogP contribution < -0.4 is 5.32 Å². The summed E-state index contributed by atoms with van der Waals surface area (Å²) in [5.41, 5.74) is 4.42. The van der Waals surface area contributed by atoms with Crippen molar-refractivity contribution < 1.29 is 4.79 Å². The Morgan fingerprint density at radius 3 is 2.34 bits per heavy atom. The van der Waals surface area contributed by atoms with Crippen molar-refractivity contribution in [1.29, 1.82) is 0 Å². The Balaban J connectivity index is 1.31. The number of benzene rings is 3. The van der Waals surface area contributed by atoms with E-state index in [-0.39, 0.29) is 12.3 Å². The first-order chi connectivity index (χ1) is 15.8. The Morgan fingerprint density at radius 2 is 1.56 bits per heavy atom. The van der Waals surface area contributed by atoms with Gasteiger partial charge < -0.3 is 9.88 Å². The number of rotatable bonds is 6. The molecule has 0 fully saturated rings. The second kappa shape index (κ2) is 8.73. The molecule has 0 aliphatic rings. The molecule has 1 amide bonds. The average molecular weight is 419 g/mol. The molecule has 5 aromatic rings. The van der Waals surface area contributed by atoms with Gasteiger partial charge in [0.2, 0.25) is 5.91 Å². The third kappa shape index (κ3) is 4.20. The number of anilines is 1. The van der Waals surface area contributed by atoms with Gasteiger partial charge in [-0.25, -0.2) is 4.98 Å². The molecular weight excluding hydrogens is 398 g/mol. The third-order valence-corrected chi connectivity index (χ3v) is 5.18. The summed E-state index contributed by atoms with van der Waals surface area (Å²) < 4.78 is 2.03. The summed E-state index contributed by atoms with van der Waals surface area (Å²) in [6.07, 6.45) is 4.27. The minimum Gasteiger partial charge on any atom is -0.325 e. The minimum absolute atomic E-state index is 0.0889. The van der Waals surface area contributed by atoms with Crippen molar-refractivity contribution in [2.24, 2.45) is 0 Å². The predicted octanol–water partition coefficient (Wildman–Crippen LogP) is 5.11. The molecule has 32 heavy (non-hydrogen) atoms. The number of carbonyl (C=O) groups excluding carboxylic acids is 1. The quantitative estimate of drug-likeness (QED) is 0.402. The first-order valence-corrected chi connectivity index (χ1v) is 10.4. The molecule has 156 valence electrons. The number of aromatic nitrogens is 4. The van der Waals surface area contributed by atoms with Crippen molar-refractivity contribution >= 4 is 11.6 Å². The molecule has 2 N–H and O–H groups in total. The van der Waals surface area contributed by atoms with E-state index in [4.69, 9.17) is 0 Å². The van der Waals surface area contributed by atoms with Crippen LogP contribution in [0.4, 0.5) is 5.69 Å². The molecule has 0 bridgehead atoms. The Bertz CT molecular complexity index is 1320. The number of amides is 1. The first kappa shape index (κ1) is 19.5. The SMILES string of the molecule is O=C(Cc1ccc(-n2cccc2)cc1)Nc1ccccc1-c1nc(-c2ccccc2)n[nH]1. The summed E-state index contributed by atoms with van der Waals surface area (Å²) in [5.74, 6) is 1.13. The van der Waals surface area contributed by atoms with Crippen LogP contribution in [-0.2, 0) is 11.2 Å². The lowest BCUT2D eigenvalue weighted by molar-refractivity contribution is -0.115. The molecule has 0 atom stereocenters. The van der Waals surface area contributed by atoms with E-state index in [1.807, 2.05) is 108 Å². The summed E-state index contributed by atoms with van der Waals surface area (Å²) in [4.78, 5) is 17.4. The average Bonchev–Trinajstić information content (AvgIpc) is 3.53. The van der Waals surface area contributed by atoms with Gasteiger partial charge in [0.05, 0.1) is 12.1 Å². The van der Waals surface area contributed by atoms with Crippen molar-refractivity contribution in [1.82, 2.24) is 19.7 Å². The second-order valence-electron chi connectivity index (χ2n) is 7.40. The number of carbonyl (C=O) groups is 1. The van der Waals surface area contributed by atoms with E-state index in [2.05, 4.69) is 20.5 Å². The normalized spacial score (nSPS) is 10.8. The molecule has 0 saturated heterocycles. The monoisotopic (exact) mass is 419 g/mol. The predicted molar refractivity (Wildman–Crippen MR) is 125 cm³/mol. The van der Waals surface area contributed by atoms with E-state index < -0.39 is 0 Å². The van der Waals surface area contributed by atoms with Crippen LogP contribution in [0.1, 0.15) is 5.56 Å². The molecule has 0 saturated carbocycles. The number of hydrogen-bond acceptors (Lipinski definition) is 3. The van der Waals surface area contributed by atoms with Crippen LogP contribution in [0, 0.1) is 0 Å². The van der Waals surface area contributed by atoms with Crippen LogP contribution in [0.3, 0.4) is 0 Å². The molecule has 2 heterocycles. The van der Waals surface area contributed by atoms with Crippen LogP contribution in [0.2, 0.25) is 0 Å². The number of nitrogens with zero attached hydrogens (tertiary/aromatic N) is 3. The van der Waals surface area contributed by atoms with E-state index in [1.54, 1.807) is 0 Å². The van der Waals surface area contributed by atoms with Crippen LogP contribution in [0.25, 0.3) is 28.5 Å². The minimum atomic E-state index is -0.0889. The van der Waals surface area contributed by atoms with Gasteiger partial charge in [-0.05, 0) is 42.0 Å². The van der Waals surface area contributed by atoms with Gasteiger partial charge in [-0.15, -0.1) is 0 Å². The van der Waals surface area contributed by atoms with E-state index in [1.165, 1.54) is 0 Å². The molecule has 2 aromatic heterocycles. The zero-order valence-electron chi connectivity index (χ0n) is 17.3. The molecule has 0 aliphatic carbocycles. The Labute approximate surface area is 185 Å². The van der Waals surface area contributed by atoms with Gasteiger partial charge in [0.15, 0.2) is 11.6 Å². The maximum Gasteiger partial charge on any atom is 0.228 e. The van der Waals surface area contributed by atoms with Crippen molar-refractivity contribution in [3.63, 3.8) is 0 Å². The maximum atomic E-state index is 12.7. The summed E-state index contributed by atoms with van der Waals surface area (Å²) in [5, 5.41) is 10.3. The molecule has 6 heteroatoms.